The number of carboxylic acid groups (broad SMARTS) is 1. The number of nitrogens with one attached hydrogen (secondary N) is 1. The summed E-state index contributed by atoms with van der Waals surface area (Å²) in [5.74, 6) is -1.38. The third kappa shape index (κ3) is 2.70. The van der Waals surface area contributed by atoms with Crippen molar-refractivity contribution in [2.45, 2.75) is 40.2 Å². The van der Waals surface area contributed by atoms with Crippen molar-refractivity contribution in [1.29, 1.82) is 0 Å². The zero-order chi connectivity index (χ0) is 11.8. The van der Waals surface area contributed by atoms with Crippen LogP contribution in [0.4, 0.5) is 0 Å². The van der Waals surface area contributed by atoms with E-state index in [1.54, 1.807) is 13.8 Å². The number of hydrogen-bond acceptors (Lipinski definition) is 2. The molecule has 3 atom stereocenters. The molecular formula is C11H19NO3. The molecule has 0 saturated heterocycles. The van der Waals surface area contributed by atoms with Gasteiger partial charge < -0.3 is 10.4 Å². The quantitative estimate of drug-likeness (QED) is 0.738. The van der Waals surface area contributed by atoms with Crippen LogP contribution in [-0.2, 0) is 9.59 Å². The fourth-order valence-corrected chi connectivity index (χ4v) is 1.58. The van der Waals surface area contributed by atoms with Crippen LogP contribution in [0.2, 0.25) is 0 Å². The van der Waals surface area contributed by atoms with Crippen LogP contribution in [0.5, 0.6) is 0 Å². The molecule has 2 unspecified atom stereocenters. The third-order valence-electron chi connectivity index (χ3n) is 3.34. The Hall–Kier alpha value is -1.06. The van der Waals surface area contributed by atoms with Crippen molar-refractivity contribution in [2.75, 3.05) is 0 Å². The van der Waals surface area contributed by atoms with Crippen molar-refractivity contribution in [3.05, 3.63) is 0 Å². The molecule has 1 amide bonds. The Kier molecular flexibility index (Phi) is 3.07. The first-order chi connectivity index (χ1) is 6.75. The minimum Gasteiger partial charge on any atom is -0.481 e. The summed E-state index contributed by atoms with van der Waals surface area (Å²) < 4.78 is 0. The van der Waals surface area contributed by atoms with Crippen LogP contribution in [0, 0.1) is 17.3 Å². The summed E-state index contributed by atoms with van der Waals surface area (Å²) in [5, 5.41) is 11.5. The minimum atomic E-state index is -0.877. The normalized spacial score (nSPS) is 26.5. The zero-order valence-corrected chi connectivity index (χ0v) is 9.70. The number of rotatable bonds is 4. The van der Waals surface area contributed by atoms with Crippen LogP contribution in [0.1, 0.15) is 34.1 Å². The van der Waals surface area contributed by atoms with Gasteiger partial charge in [-0.15, -0.1) is 0 Å². The van der Waals surface area contributed by atoms with Gasteiger partial charge in [0.05, 0.1) is 5.92 Å². The van der Waals surface area contributed by atoms with Crippen LogP contribution in [0.3, 0.4) is 0 Å². The van der Waals surface area contributed by atoms with Crippen LogP contribution in [-0.4, -0.2) is 23.0 Å². The van der Waals surface area contributed by atoms with Gasteiger partial charge in [0.1, 0.15) is 0 Å². The van der Waals surface area contributed by atoms with Gasteiger partial charge >= 0.3 is 5.97 Å². The molecule has 1 aliphatic carbocycles. The molecule has 0 aliphatic heterocycles. The molecule has 1 saturated carbocycles. The Labute approximate surface area is 90.0 Å². The Morgan fingerprint density at radius 3 is 2.20 bits per heavy atom. The summed E-state index contributed by atoms with van der Waals surface area (Å²) in [5.41, 5.74) is 0.0935. The second-order valence-corrected chi connectivity index (χ2v) is 5.17. The van der Waals surface area contributed by atoms with E-state index in [2.05, 4.69) is 5.32 Å². The highest BCUT2D eigenvalue weighted by Crippen LogP contribution is 2.51. The summed E-state index contributed by atoms with van der Waals surface area (Å²) in [6.07, 6.45) is 0.896. The predicted molar refractivity (Wildman–Crippen MR) is 56.3 cm³/mol. The van der Waals surface area contributed by atoms with E-state index in [1.165, 1.54) is 0 Å². The largest absolute Gasteiger partial charge is 0.481 e. The highest BCUT2D eigenvalue weighted by atomic mass is 16.4. The van der Waals surface area contributed by atoms with Gasteiger partial charge in [0.15, 0.2) is 0 Å². The summed E-state index contributed by atoms with van der Waals surface area (Å²) in [7, 11) is 0. The van der Waals surface area contributed by atoms with Gasteiger partial charge in [-0.1, -0.05) is 13.8 Å². The second kappa shape index (κ2) is 3.83. The number of aliphatic carboxylic acids is 1. The number of amides is 1. The molecule has 1 fully saturated rings. The van der Waals surface area contributed by atoms with Crippen molar-refractivity contribution < 1.29 is 14.7 Å². The number of carbonyl (C=O) groups excluding carboxylic acids is 1. The van der Waals surface area contributed by atoms with E-state index in [-0.39, 0.29) is 23.3 Å². The molecule has 0 aromatic carbocycles. The molecule has 15 heavy (non-hydrogen) atoms. The number of hydrogen-bond donors (Lipinski definition) is 2. The van der Waals surface area contributed by atoms with Crippen LogP contribution in [0.25, 0.3) is 0 Å². The van der Waals surface area contributed by atoms with Crippen LogP contribution < -0.4 is 5.32 Å². The van der Waals surface area contributed by atoms with E-state index in [4.69, 9.17) is 5.11 Å². The lowest BCUT2D eigenvalue weighted by atomic mass is 10.0. The van der Waals surface area contributed by atoms with Crippen molar-refractivity contribution in [3.8, 4) is 0 Å². The number of carbonyl (C=O) groups is 2. The van der Waals surface area contributed by atoms with Crippen LogP contribution >= 0.6 is 0 Å². The average molecular weight is 213 g/mol. The molecule has 86 valence electrons. The Balaban J connectivity index is 2.42. The Morgan fingerprint density at radius 2 is 1.87 bits per heavy atom. The average Bonchev–Trinajstić information content (AvgIpc) is 2.73. The standard InChI is InChI=1S/C11H19NO3/c1-6(10(14)15)7(2)12-9(13)8-5-11(8,3)4/h6-8H,5H2,1-4H3,(H,12,13)(H,14,15)/t6?,7?,8-/m1/s1. The van der Waals surface area contributed by atoms with Crippen molar-refractivity contribution in [1.82, 2.24) is 5.32 Å². The molecule has 0 aromatic heterocycles. The maximum Gasteiger partial charge on any atom is 0.308 e. The summed E-state index contributed by atoms with van der Waals surface area (Å²) >= 11 is 0. The van der Waals surface area contributed by atoms with E-state index in [0.717, 1.165) is 6.42 Å². The third-order valence-corrected chi connectivity index (χ3v) is 3.34. The maximum atomic E-state index is 11.7. The molecule has 4 nitrogen and oxygen atoms in total. The lowest BCUT2D eigenvalue weighted by Crippen LogP contribution is -2.41. The molecule has 0 bridgehead atoms. The van der Waals surface area contributed by atoms with Crippen molar-refractivity contribution in [3.63, 3.8) is 0 Å². The van der Waals surface area contributed by atoms with Gasteiger partial charge in [-0.2, -0.15) is 0 Å². The molecule has 0 radical (unpaired) electrons. The molecule has 2 N–H and O–H groups in total. The van der Waals surface area contributed by atoms with Crippen LogP contribution in [0.15, 0.2) is 0 Å². The summed E-state index contributed by atoms with van der Waals surface area (Å²) in [4.78, 5) is 22.3. The first kappa shape index (κ1) is 12.0. The van der Waals surface area contributed by atoms with Gasteiger partial charge in [0.25, 0.3) is 0 Å². The Morgan fingerprint density at radius 1 is 1.40 bits per heavy atom. The molecule has 0 heterocycles. The molecule has 4 heteroatoms. The predicted octanol–water partition coefficient (Wildman–Crippen LogP) is 1.26. The molecular weight excluding hydrogens is 194 g/mol. The van der Waals surface area contributed by atoms with Gasteiger partial charge in [-0.3, -0.25) is 9.59 Å². The summed E-state index contributed by atoms with van der Waals surface area (Å²) in [6, 6.07) is -0.314. The fraction of sp³-hybridized carbons (Fsp3) is 0.818. The number of carboxylic acids is 1. The van der Waals surface area contributed by atoms with Gasteiger partial charge in [-0.05, 0) is 25.7 Å². The highest BCUT2D eigenvalue weighted by Gasteiger charge is 2.50. The van der Waals surface area contributed by atoms with E-state index in [1.807, 2.05) is 13.8 Å². The van der Waals surface area contributed by atoms with Crippen molar-refractivity contribution in [2.24, 2.45) is 17.3 Å². The lowest BCUT2D eigenvalue weighted by molar-refractivity contribution is -0.142. The smallest absolute Gasteiger partial charge is 0.308 e. The Bertz CT molecular complexity index is 286. The SMILES string of the molecule is CC(NC(=O)[C@H]1CC1(C)C)C(C)C(=O)O. The zero-order valence-electron chi connectivity index (χ0n) is 9.70. The molecule has 1 aliphatic rings. The van der Waals surface area contributed by atoms with Gasteiger partial charge in [0.2, 0.25) is 5.91 Å². The van der Waals surface area contributed by atoms with Gasteiger partial charge in [0, 0.05) is 12.0 Å². The van der Waals surface area contributed by atoms with E-state index in [0.29, 0.717) is 0 Å². The highest BCUT2D eigenvalue weighted by molar-refractivity contribution is 5.83. The second-order valence-electron chi connectivity index (χ2n) is 5.17. The maximum absolute atomic E-state index is 11.7. The topological polar surface area (TPSA) is 66.4 Å². The summed E-state index contributed by atoms with van der Waals surface area (Å²) in [6.45, 7) is 7.42. The van der Waals surface area contributed by atoms with E-state index < -0.39 is 11.9 Å². The first-order valence-corrected chi connectivity index (χ1v) is 5.29. The fourth-order valence-electron chi connectivity index (χ4n) is 1.58. The minimum absolute atomic E-state index is 0.0133. The lowest BCUT2D eigenvalue weighted by Gasteiger charge is -2.18. The molecule has 0 spiro atoms. The van der Waals surface area contributed by atoms with Crippen molar-refractivity contribution >= 4 is 11.9 Å². The molecule has 0 aromatic rings. The molecule has 1 rings (SSSR count). The van der Waals surface area contributed by atoms with Gasteiger partial charge in [-0.25, -0.2) is 0 Å². The van der Waals surface area contributed by atoms with E-state index in [9.17, 15) is 9.59 Å². The van der Waals surface area contributed by atoms with E-state index >= 15 is 0 Å². The first-order valence-electron chi connectivity index (χ1n) is 5.29. The monoisotopic (exact) mass is 213 g/mol.